The van der Waals surface area contributed by atoms with Gasteiger partial charge in [-0.2, -0.15) is 0 Å². The summed E-state index contributed by atoms with van der Waals surface area (Å²) in [6.07, 6.45) is 2.55. The predicted molar refractivity (Wildman–Crippen MR) is 96.9 cm³/mol. The topological polar surface area (TPSA) is 81.7 Å². The van der Waals surface area contributed by atoms with Crippen molar-refractivity contribution in [1.82, 2.24) is 5.32 Å². The molecule has 6 nitrogen and oxygen atoms in total. The fourth-order valence-electron chi connectivity index (χ4n) is 2.01. The number of methoxy groups -OCH3 is 1. The Kier molecular flexibility index (Phi) is 8.78. The van der Waals surface area contributed by atoms with E-state index < -0.39 is 30.5 Å². The van der Waals surface area contributed by atoms with E-state index >= 15 is 0 Å². The van der Waals surface area contributed by atoms with Crippen molar-refractivity contribution < 1.29 is 23.9 Å². The van der Waals surface area contributed by atoms with Crippen LogP contribution < -0.4 is 5.32 Å². The maximum Gasteiger partial charge on any atom is 0.340 e. The average Bonchev–Trinajstić information content (AvgIpc) is 2.63. The molecule has 1 amide bonds. The number of ether oxygens (including phenoxy) is 2. The van der Waals surface area contributed by atoms with Crippen LogP contribution in [0, 0.1) is 5.92 Å². The summed E-state index contributed by atoms with van der Waals surface area (Å²) in [7, 11) is 1.25. The highest BCUT2D eigenvalue weighted by atomic mass is 35.5. The van der Waals surface area contributed by atoms with Crippen molar-refractivity contribution in [3.63, 3.8) is 0 Å². The van der Waals surface area contributed by atoms with Crippen LogP contribution in [0.1, 0.15) is 30.6 Å². The number of esters is 2. The highest BCUT2D eigenvalue weighted by molar-refractivity contribution is 7.98. The zero-order valence-electron chi connectivity index (χ0n) is 14.6. The molecule has 0 saturated carbocycles. The van der Waals surface area contributed by atoms with E-state index in [9.17, 15) is 14.4 Å². The third-order valence-electron chi connectivity index (χ3n) is 3.71. The second kappa shape index (κ2) is 10.3. The van der Waals surface area contributed by atoms with Gasteiger partial charge in [-0.25, -0.2) is 9.59 Å². The molecule has 0 spiro atoms. The van der Waals surface area contributed by atoms with Crippen LogP contribution in [0.25, 0.3) is 0 Å². The Balaban J connectivity index is 2.69. The van der Waals surface area contributed by atoms with Crippen molar-refractivity contribution in [2.45, 2.75) is 31.2 Å². The molecule has 138 valence electrons. The van der Waals surface area contributed by atoms with Crippen molar-refractivity contribution in [1.29, 1.82) is 0 Å². The summed E-state index contributed by atoms with van der Waals surface area (Å²) < 4.78 is 9.69. The molecule has 0 aliphatic heterocycles. The Bertz CT molecular complexity index is 637. The van der Waals surface area contributed by atoms with Gasteiger partial charge < -0.3 is 14.8 Å². The summed E-state index contributed by atoms with van der Waals surface area (Å²) in [4.78, 5) is 36.7. The van der Waals surface area contributed by atoms with E-state index in [0.29, 0.717) is 6.42 Å². The van der Waals surface area contributed by atoms with E-state index in [4.69, 9.17) is 21.1 Å². The van der Waals surface area contributed by atoms with Gasteiger partial charge in [-0.15, -0.1) is 11.8 Å². The number of thioether (sulfide) groups is 1. The van der Waals surface area contributed by atoms with E-state index in [1.165, 1.54) is 18.9 Å². The number of amides is 1. The minimum atomic E-state index is -0.787. The third-order valence-corrected chi connectivity index (χ3v) is 4.77. The molecule has 0 heterocycles. The Morgan fingerprint density at radius 3 is 2.56 bits per heavy atom. The van der Waals surface area contributed by atoms with E-state index in [0.717, 1.165) is 4.90 Å². The van der Waals surface area contributed by atoms with Gasteiger partial charge in [-0.3, -0.25) is 4.79 Å². The van der Waals surface area contributed by atoms with E-state index in [-0.39, 0.29) is 16.5 Å². The van der Waals surface area contributed by atoms with Gasteiger partial charge >= 0.3 is 11.9 Å². The van der Waals surface area contributed by atoms with Crippen LogP contribution in [0.15, 0.2) is 23.1 Å². The molecular formula is C17H22ClNO5S. The summed E-state index contributed by atoms with van der Waals surface area (Å²) in [6, 6.07) is 4.19. The third kappa shape index (κ3) is 6.25. The fraction of sp³-hybridized carbons (Fsp3) is 0.471. The van der Waals surface area contributed by atoms with Crippen LogP contribution in [0.3, 0.4) is 0 Å². The van der Waals surface area contributed by atoms with E-state index in [2.05, 4.69) is 5.32 Å². The van der Waals surface area contributed by atoms with E-state index in [1.54, 1.807) is 18.2 Å². The maximum atomic E-state index is 12.1. The van der Waals surface area contributed by atoms with Gasteiger partial charge in [0.05, 0.1) is 17.7 Å². The molecular weight excluding hydrogens is 366 g/mol. The fourth-order valence-corrected chi connectivity index (χ4v) is 2.64. The summed E-state index contributed by atoms with van der Waals surface area (Å²) in [6.45, 7) is 3.21. The zero-order valence-corrected chi connectivity index (χ0v) is 16.2. The highest BCUT2D eigenvalue weighted by Crippen LogP contribution is 2.23. The first-order valence-corrected chi connectivity index (χ1v) is 9.32. The number of benzene rings is 1. The van der Waals surface area contributed by atoms with E-state index in [1.807, 2.05) is 20.1 Å². The minimum Gasteiger partial charge on any atom is -0.467 e. The molecule has 8 heteroatoms. The van der Waals surface area contributed by atoms with Gasteiger partial charge in [-0.05, 0) is 30.4 Å². The molecule has 1 N–H and O–H groups in total. The van der Waals surface area contributed by atoms with Gasteiger partial charge in [-0.1, -0.05) is 31.9 Å². The number of hydrogen-bond donors (Lipinski definition) is 1. The summed E-state index contributed by atoms with van der Waals surface area (Å²) in [5, 5.41) is 2.78. The molecule has 1 aromatic rings. The summed E-state index contributed by atoms with van der Waals surface area (Å²) in [5.41, 5.74) is 0.188. The molecule has 0 radical (unpaired) electrons. The Labute approximate surface area is 156 Å². The SMILES string of the molecule is CCC(C)C(NC(=O)COC(=O)c1cc(SC)ccc1Cl)C(=O)OC. The highest BCUT2D eigenvalue weighted by Gasteiger charge is 2.27. The smallest absolute Gasteiger partial charge is 0.340 e. The van der Waals surface area contributed by atoms with Crippen molar-refractivity contribution in [3.05, 3.63) is 28.8 Å². The Morgan fingerprint density at radius 2 is 2.00 bits per heavy atom. The van der Waals surface area contributed by atoms with Crippen LogP contribution in [0.5, 0.6) is 0 Å². The van der Waals surface area contributed by atoms with Gasteiger partial charge in [0.1, 0.15) is 6.04 Å². The molecule has 0 fully saturated rings. The van der Waals surface area contributed by atoms with Crippen LogP contribution >= 0.6 is 23.4 Å². The predicted octanol–water partition coefficient (Wildman–Crippen LogP) is 2.92. The molecule has 25 heavy (non-hydrogen) atoms. The largest absolute Gasteiger partial charge is 0.467 e. The first-order chi connectivity index (χ1) is 11.8. The number of halogens is 1. The van der Waals surface area contributed by atoms with Gasteiger partial charge in [0.2, 0.25) is 0 Å². The van der Waals surface area contributed by atoms with Crippen molar-refractivity contribution in [3.8, 4) is 0 Å². The number of rotatable bonds is 8. The lowest BCUT2D eigenvalue weighted by molar-refractivity contribution is -0.147. The standard InChI is InChI=1S/C17H22ClNO5S/c1-5-10(2)15(17(22)23-3)19-14(20)9-24-16(21)12-8-11(25-4)6-7-13(12)18/h6-8,10,15H,5,9H2,1-4H3,(H,19,20). The minimum absolute atomic E-state index is 0.111. The molecule has 2 atom stereocenters. The van der Waals surface area contributed by atoms with Gasteiger partial charge in [0, 0.05) is 4.90 Å². The lowest BCUT2D eigenvalue weighted by Gasteiger charge is -2.21. The molecule has 1 aromatic carbocycles. The molecule has 0 saturated heterocycles. The van der Waals surface area contributed by atoms with Crippen LogP contribution in [-0.2, 0) is 19.1 Å². The molecule has 0 bridgehead atoms. The molecule has 2 unspecified atom stereocenters. The number of nitrogens with one attached hydrogen (secondary N) is 1. The second-order valence-corrected chi connectivity index (χ2v) is 6.66. The molecule has 0 aromatic heterocycles. The van der Waals surface area contributed by atoms with Crippen LogP contribution in [0.4, 0.5) is 0 Å². The van der Waals surface area contributed by atoms with Crippen molar-refractivity contribution in [2.75, 3.05) is 20.0 Å². The monoisotopic (exact) mass is 387 g/mol. The molecule has 0 aliphatic carbocycles. The maximum absolute atomic E-state index is 12.1. The van der Waals surface area contributed by atoms with Crippen LogP contribution in [-0.4, -0.2) is 43.9 Å². The van der Waals surface area contributed by atoms with Crippen molar-refractivity contribution >= 4 is 41.2 Å². The van der Waals surface area contributed by atoms with Crippen molar-refractivity contribution in [2.24, 2.45) is 5.92 Å². The number of carbonyl (C=O) groups is 3. The van der Waals surface area contributed by atoms with Gasteiger partial charge in [0.25, 0.3) is 5.91 Å². The first kappa shape index (κ1) is 21.3. The Hall–Kier alpha value is -1.73. The lowest BCUT2D eigenvalue weighted by atomic mass is 9.99. The molecule has 0 aliphatic rings. The quantitative estimate of drug-likeness (QED) is 0.545. The number of carbonyl (C=O) groups excluding carboxylic acids is 3. The number of hydrogen-bond acceptors (Lipinski definition) is 6. The first-order valence-electron chi connectivity index (χ1n) is 7.71. The normalized spacial score (nSPS) is 12.8. The van der Waals surface area contributed by atoms with Gasteiger partial charge in [0.15, 0.2) is 6.61 Å². The zero-order chi connectivity index (χ0) is 19.0. The van der Waals surface area contributed by atoms with Crippen LogP contribution in [0.2, 0.25) is 5.02 Å². The summed E-state index contributed by atoms with van der Waals surface area (Å²) in [5.74, 6) is -1.93. The summed E-state index contributed by atoms with van der Waals surface area (Å²) >= 11 is 7.45. The molecule has 1 rings (SSSR count). The second-order valence-electron chi connectivity index (χ2n) is 5.38. The Morgan fingerprint density at radius 1 is 1.32 bits per heavy atom. The average molecular weight is 388 g/mol. The lowest BCUT2D eigenvalue weighted by Crippen LogP contribution is -2.47.